The molecule has 51 valence electrons. The van der Waals surface area contributed by atoms with E-state index in [1.807, 2.05) is 26.0 Å². The van der Waals surface area contributed by atoms with Gasteiger partial charge in [0, 0.05) is 32.7 Å². The molecule has 0 atom stereocenters. The van der Waals surface area contributed by atoms with Crippen LogP contribution in [0.25, 0.3) is 0 Å². The van der Waals surface area contributed by atoms with Crippen molar-refractivity contribution in [2.24, 2.45) is 0 Å². The average Bonchev–Trinajstić information content (AvgIpc) is 1.83. The van der Waals surface area contributed by atoms with Crippen molar-refractivity contribution in [1.29, 1.82) is 0 Å². The summed E-state index contributed by atoms with van der Waals surface area (Å²) in [6, 6.07) is 6.77. The molecule has 2 heteroatoms. The zero-order valence-electron chi connectivity index (χ0n) is 6.31. The quantitative estimate of drug-likeness (QED) is 0.510. The Hall–Kier alpha value is 0.124. The Morgan fingerprint density at radius 3 is 1.90 bits per heavy atom. The zero-order chi connectivity index (χ0) is 6.85. The third kappa shape index (κ3) is 2.07. The van der Waals surface area contributed by atoms with Gasteiger partial charge in [-0.2, -0.15) is 18.2 Å². The predicted molar refractivity (Wildman–Crippen MR) is 39.2 cm³/mol. The van der Waals surface area contributed by atoms with E-state index in [0.29, 0.717) is 0 Å². The minimum absolute atomic E-state index is 0. The first kappa shape index (κ1) is 10.1. The molecular weight excluding hydrogens is 199 g/mol. The Bertz CT molecular complexity index is 200. The van der Waals surface area contributed by atoms with E-state index >= 15 is 0 Å². The molecule has 1 rings (SSSR count). The summed E-state index contributed by atoms with van der Waals surface area (Å²) in [6.07, 6.45) is 0. The van der Waals surface area contributed by atoms with Crippen LogP contribution in [0.3, 0.4) is 0 Å². The van der Waals surface area contributed by atoms with E-state index in [2.05, 4.69) is 6.07 Å². The van der Waals surface area contributed by atoms with E-state index in [4.69, 9.17) is 5.73 Å². The summed E-state index contributed by atoms with van der Waals surface area (Å²) < 4.78 is 0. The first-order chi connectivity index (χ1) is 4.22. The monoisotopic (exact) mass is 209 g/mol. The maximum absolute atomic E-state index is 5.66. The van der Waals surface area contributed by atoms with Gasteiger partial charge in [0.2, 0.25) is 0 Å². The first-order valence-corrected chi connectivity index (χ1v) is 2.94. The van der Waals surface area contributed by atoms with Crippen molar-refractivity contribution in [1.82, 2.24) is 0 Å². The molecular formula is C8H10NY-. The van der Waals surface area contributed by atoms with Crippen LogP contribution in [-0.4, -0.2) is 0 Å². The molecule has 0 amide bonds. The molecule has 2 N–H and O–H groups in total. The van der Waals surface area contributed by atoms with Crippen LogP contribution in [0.2, 0.25) is 0 Å². The van der Waals surface area contributed by atoms with Gasteiger partial charge in [-0.05, 0) is 0 Å². The third-order valence-corrected chi connectivity index (χ3v) is 1.45. The van der Waals surface area contributed by atoms with Gasteiger partial charge >= 0.3 is 0 Å². The second-order valence-corrected chi connectivity index (χ2v) is 2.24. The van der Waals surface area contributed by atoms with Crippen LogP contribution in [0.4, 0.5) is 5.69 Å². The second-order valence-electron chi connectivity index (χ2n) is 2.24. The van der Waals surface area contributed by atoms with Crippen molar-refractivity contribution in [3.05, 3.63) is 29.3 Å². The van der Waals surface area contributed by atoms with Crippen molar-refractivity contribution in [3.63, 3.8) is 0 Å². The molecule has 1 nitrogen and oxygen atoms in total. The SMILES string of the molecule is Cc1c[c-]cc(C)c1N.[Y]. The van der Waals surface area contributed by atoms with Crippen molar-refractivity contribution in [3.8, 4) is 0 Å². The number of anilines is 1. The Kier molecular flexibility index (Phi) is 4.15. The van der Waals surface area contributed by atoms with E-state index < -0.39 is 0 Å². The summed E-state index contributed by atoms with van der Waals surface area (Å²) in [5.74, 6) is 0. The standard InChI is InChI=1S/C8H10N.Y/c1-6-4-3-5-7(2)8(6)9;/h4-5H,9H2,1-2H3;/q-1;. The predicted octanol–water partition coefficient (Wildman–Crippen LogP) is 1.68. The molecule has 0 aliphatic rings. The van der Waals surface area contributed by atoms with Gasteiger partial charge < -0.3 is 5.73 Å². The molecule has 0 aliphatic carbocycles. The van der Waals surface area contributed by atoms with Crippen molar-refractivity contribution < 1.29 is 32.7 Å². The molecule has 0 fully saturated rings. The van der Waals surface area contributed by atoms with Crippen LogP contribution in [0.15, 0.2) is 12.1 Å². The van der Waals surface area contributed by atoms with Gasteiger partial charge in [-0.1, -0.05) is 19.5 Å². The summed E-state index contributed by atoms with van der Waals surface area (Å²) in [7, 11) is 0. The molecule has 1 aromatic carbocycles. The summed E-state index contributed by atoms with van der Waals surface area (Å²) in [6.45, 7) is 3.97. The third-order valence-electron chi connectivity index (χ3n) is 1.45. The number of aryl methyl sites for hydroxylation is 2. The van der Waals surface area contributed by atoms with Gasteiger partial charge in [0.25, 0.3) is 0 Å². The minimum atomic E-state index is 0. The molecule has 0 unspecified atom stereocenters. The summed E-state index contributed by atoms with van der Waals surface area (Å²) in [5, 5.41) is 0. The smallest absolute Gasteiger partial charge is 0 e. The van der Waals surface area contributed by atoms with Crippen LogP contribution >= 0.6 is 0 Å². The molecule has 10 heavy (non-hydrogen) atoms. The van der Waals surface area contributed by atoms with Crippen LogP contribution in [0.5, 0.6) is 0 Å². The Labute approximate surface area is 86.9 Å². The van der Waals surface area contributed by atoms with Gasteiger partial charge in [-0.15, -0.1) is 11.1 Å². The average molecular weight is 209 g/mol. The minimum Gasteiger partial charge on any atom is -0.419 e. The summed E-state index contributed by atoms with van der Waals surface area (Å²) in [4.78, 5) is 0. The largest absolute Gasteiger partial charge is 0.419 e. The number of nitrogens with two attached hydrogens (primary N) is 1. The van der Waals surface area contributed by atoms with Crippen molar-refractivity contribution in [2.75, 3.05) is 5.73 Å². The molecule has 0 bridgehead atoms. The topological polar surface area (TPSA) is 26.0 Å². The number of nitrogen functional groups attached to an aromatic ring is 1. The number of hydrogen-bond donors (Lipinski definition) is 1. The van der Waals surface area contributed by atoms with Gasteiger partial charge in [-0.3, -0.25) is 0 Å². The molecule has 0 aliphatic heterocycles. The van der Waals surface area contributed by atoms with Gasteiger partial charge in [0.05, 0.1) is 0 Å². The van der Waals surface area contributed by atoms with Crippen molar-refractivity contribution in [2.45, 2.75) is 13.8 Å². The zero-order valence-corrected chi connectivity index (χ0v) is 9.15. The maximum Gasteiger partial charge on any atom is 0 e. The van der Waals surface area contributed by atoms with Crippen LogP contribution in [0, 0.1) is 19.9 Å². The number of rotatable bonds is 0. The molecule has 0 spiro atoms. The van der Waals surface area contributed by atoms with Gasteiger partial charge in [0.15, 0.2) is 0 Å². The second kappa shape index (κ2) is 4.10. The van der Waals surface area contributed by atoms with E-state index in [1.54, 1.807) is 0 Å². The Balaban J connectivity index is 0.000000810. The fraction of sp³-hybridized carbons (Fsp3) is 0.250. The Morgan fingerprint density at radius 1 is 1.20 bits per heavy atom. The van der Waals surface area contributed by atoms with Crippen LogP contribution in [0.1, 0.15) is 11.1 Å². The van der Waals surface area contributed by atoms with E-state index in [9.17, 15) is 0 Å². The summed E-state index contributed by atoms with van der Waals surface area (Å²) >= 11 is 0. The van der Waals surface area contributed by atoms with E-state index in [-0.39, 0.29) is 32.7 Å². The van der Waals surface area contributed by atoms with Crippen LogP contribution in [-0.2, 0) is 32.7 Å². The first-order valence-electron chi connectivity index (χ1n) is 2.94. The van der Waals surface area contributed by atoms with Crippen LogP contribution < -0.4 is 5.73 Å². The molecule has 0 saturated heterocycles. The van der Waals surface area contributed by atoms with Gasteiger partial charge in [0.1, 0.15) is 0 Å². The van der Waals surface area contributed by atoms with E-state index in [1.165, 1.54) is 0 Å². The van der Waals surface area contributed by atoms with E-state index in [0.717, 1.165) is 16.8 Å². The molecule has 0 saturated carbocycles. The summed E-state index contributed by atoms with van der Waals surface area (Å²) in [5.41, 5.74) is 8.76. The van der Waals surface area contributed by atoms with Gasteiger partial charge in [-0.25, -0.2) is 0 Å². The van der Waals surface area contributed by atoms with Crippen molar-refractivity contribution >= 4 is 5.69 Å². The maximum atomic E-state index is 5.66. The number of hydrogen-bond acceptors (Lipinski definition) is 1. The Morgan fingerprint density at radius 2 is 1.60 bits per heavy atom. The molecule has 1 radical (unpaired) electrons. The molecule has 0 aromatic heterocycles. The normalized spacial score (nSPS) is 8.60. The molecule has 0 heterocycles. The fourth-order valence-corrected chi connectivity index (χ4v) is 0.758. The number of benzene rings is 1. The fourth-order valence-electron chi connectivity index (χ4n) is 0.758. The molecule has 1 aromatic rings.